The first-order chi connectivity index (χ1) is 9.20. The third-order valence-corrected chi connectivity index (χ3v) is 3.92. The van der Waals surface area contributed by atoms with Crippen molar-refractivity contribution in [1.29, 1.82) is 5.26 Å². The van der Waals surface area contributed by atoms with E-state index < -0.39 is 0 Å². The molecular weight excluding hydrogens is 238 g/mol. The molecule has 19 heavy (non-hydrogen) atoms. The van der Waals surface area contributed by atoms with Crippen molar-refractivity contribution in [3.05, 3.63) is 23.8 Å². The van der Waals surface area contributed by atoms with Crippen LogP contribution >= 0.6 is 0 Å². The number of para-hydroxylation sites is 1. The standard InChI is InChI=1S/C14H17N5/c1-18-7-5-11(6-8-18)19-12-4-2-3-10(9-15)13(12)17-14(19)16/h2-4,11H,5-8H2,1H3,(H2,16,17). The molecule has 0 aliphatic carbocycles. The second-order valence-electron chi connectivity index (χ2n) is 5.16. The molecule has 1 saturated heterocycles. The van der Waals surface area contributed by atoms with E-state index in [-0.39, 0.29) is 0 Å². The second-order valence-corrected chi connectivity index (χ2v) is 5.16. The first kappa shape index (κ1) is 12.0. The zero-order valence-corrected chi connectivity index (χ0v) is 11.0. The lowest BCUT2D eigenvalue weighted by molar-refractivity contribution is 0.225. The second kappa shape index (κ2) is 4.56. The van der Waals surface area contributed by atoms with Gasteiger partial charge < -0.3 is 15.2 Å². The highest BCUT2D eigenvalue weighted by Crippen LogP contribution is 2.30. The van der Waals surface area contributed by atoms with Crippen molar-refractivity contribution in [2.24, 2.45) is 0 Å². The molecule has 2 heterocycles. The van der Waals surface area contributed by atoms with E-state index in [1.54, 1.807) is 6.07 Å². The first-order valence-electron chi connectivity index (χ1n) is 6.56. The highest BCUT2D eigenvalue weighted by atomic mass is 15.2. The van der Waals surface area contributed by atoms with Gasteiger partial charge in [0, 0.05) is 6.04 Å². The molecule has 1 aliphatic heterocycles. The van der Waals surface area contributed by atoms with Gasteiger partial charge in [-0.1, -0.05) is 6.07 Å². The van der Waals surface area contributed by atoms with E-state index in [4.69, 9.17) is 11.0 Å². The summed E-state index contributed by atoms with van der Waals surface area (Å²) in [4.78, 5) is 6.71. The van der Waals surface area contributed by atoms with Crippen LogP contribution in [0, 0.1) is 11.3 Å². The van der Waals surface area contributed by atoms with E-state index in [9.17, 15) is 0 Å². The summed E-state index contributed by atoms with van der Waals surface area (Å²) in [5, 5.41) is 9.13. The van der Waals surface area contributed by atoms with Gasteiger partial charge in [-0.3, -0.25) is 0 Å². The normalized spacial score (nSPS) is 17.7. The zero-order chi connectivity index (χ0) is 13.4. The molecule has 2 aromatic rings. The molecule has 0 unspecified atom stereocenters. The van der Waals surface area contributed by atoms with Crippen LogP contribution in [0.1, 0.15) is 24.4 Å². The van der Waals surface area contributed by atoms with Crippen molar-refractivity contribution in [3.63, 3.8) is 0 Å². The number of piperidine rings is 1. The van der Waals surface area contributed by atoms with Crippen molar-refractivity contribution in [3.8, 4) is 6.07 Å². The van der Waals surface area contributed by atoms with E-state index in [1.807, 2.05) is 12.1 Å². The Bertz CT molecular complexity index is 644. The predicted molar refractivity (Wildman–Crippen MR) is 74.6 cm³/mol. The number of aromatic nitrogens is 2. The van der Waals surface area contributed by atoms with Gasteiger partial charge in [-0.05, 0) is 45.1 Å². The number of rotatable bonds is 1. The van der Waals surface area contributed by atoms with Crippen LogP contribution in [0.15, 0.2) is 18.2 Å². The van der Waals surface area contributed by atoms with Gasteiger partial charge in [0.25, 0.3) is 0 Å². The maximum Gasteiger partial charge on any atom is 0.201 e. The van der Waals surface area contributed by atoms with Gasteiger partial charge >= 0.3 is 0 Å². The minimum atomic E-state index is 0.384. The summed E-state index contributed by atoms with van der Waals surface area (Å²) in [5.41, 5.74) is 8.37. The smallest absolute Gasteiger partial charge is 0.201 e. The van der Waals surface area contributed by atoms with Gasteiger partial charge in [-0.25, -0.2) is 4.98 Å². The van der Waals surface area contributed by atoms with Crippen LogP contribution in [0.25, 0.3) is 11.0 Å². The highest BCUT2D eigenvalue weighted by molar-refractivity contribution is 5.84. The fourth-order valence-electron chi connectivity index (χ4n) is 2.86. The molecule has 0 spiro atoms. The number of hydrogen-bond acceptors (Lipinski definition) is 4. The number of imidazole rings is 1. The SMILES string of the molecule is CN1CCC(n2c(N)nc3c(C#N)cccc32)CC1. The van der Waals surface area contributed by atoms with Crippen molar-refractivity contribution >= 4 is 17.0 Å². The summed E-state index contributed by atoms with van der Waals surface area (Å²) in [5.74, 6) is 0.521. The predicted octanol–water partition coefficient (Wildman–Crippen LogP) is 1.76. The van der Waals surface area contributed by atoms with Gasteiger partial charge in [0.1, 0.15) is 11.6 Å². The minimum absolute atomic E-state index is 0.384. The fourth-order valence-corrected chi connectivity index (χ4v) is 2.86. The Morgan fingerprint density at radius 1 is 1.37 bits per heavy atom. The number of hydrogen-bond donors (Lipinski definition) is 1. The highest BCUT2D eigenvalue weighted by Gasteiger charge is 2.22. The molecule has 2 N–H and O–H groups in total. The molecule has 1 aromatic carbocycles. The van der Waals surface area contributed by atoms with Crippen LogP contribution in [0.2, 0.25) is 0 Å². The number of nitriles is 1. The molecule has 0 bridgehead atoms. The van der Waals surface area contributed by atoms with Gasteiger partial charge in [0.2, 0.25) is 5.95 Å². The van der Waals surface area contributed by atoms with Gasteiger partial charge in [-0.2, -0.15) is 5.26 Å². The molecule has 98 valence electrons. The van der Waals surface area contributed by atoms with Crippen molar-refractivity contribution in [1.82, 2.24) is 14.5 Å². The Balaban J connectivity index is 2.09. The first-order valence-corrected chi connectivity index (χ1v) is 6.56. The van der Waals surface area contributed by atoms with Gasteiger partial charge in [0.05, 0.1) is 11.1 Å². The number of nitrogens with two attached hydrogens (primary N) is 1. The maximum atomic E-state index is 9.13. The Morgan fingerprint density at radius 2 is 2.11 bits per heavy atom. The average molecular weight is 255 g/mol. The number of nitrogens with zero attached hydrogens (tertiary/aromatic N) is 4. The number of likely N-dealkylation sites (tertiary alicyclic amines) is 1. The molecule has 0 amide bonds. The largest absolute Gasteiger partial charge is 0.369 e. The quantitative estimate of drug-likeness (QED) is 0.842. The Hall–Kier alpha value is -2.06. The van der Waals surface area contributed by atoms with E-state index in [0.717, 1.165) is 37.0 Å². The molecule has 5 heteroatoms. The maximum absolute atomic E-state index is 9.13. The molecule has 3 rings (SSSR count). The molecule has 1 fully saturated rings. The van der Waals surface area contributed by atoms with Crippen molar-refractivity contribution in [2.45, 2.75) is 18.9 Å². The van der Waals surface area contributed by atoms with E-state index in [2.05, 4.69) is 27.6 Å². The lowest BCUT2D eigenvalue weighted by atomic mass is 10.0. The molecule has 1 aromatic heterocycles. The summed E-state index contributed by atoms with van der Waals surface area (Å²) in [6.45, 7) is 2.14. The number of benzene rings is 1. The number of fused-ring (bicyclic) bond motifs is 1. The average Bonchev–Trinajstić information content (AvgIpc) is 2.76. The molecule has 0 saturated carbocycles. The van der Waals surface area contributed by atoms with Crippen LogP contribution < -0.4 is 5.73 Å². The van der Waals surface area contributed by atoms with E-state index in [0.29, 0.717) is 17.6 Å². The fraction of sp³-hybridized carbons (Fsp3) is 0.429. The Kier molecular flexibility index (Phi) is 2.88. The van der Waals surface area contributed by atoms with E-state index in [1.165, 1.54) is 0 Å². The van der Waals surface area contributed by atoms with Gasteiger partial charge in [0.15, 0.2) is 0 Å². The topological polar surface area (TPSA) is 70.9 Å². The van der Waals surface area contributed by atoms with E-state index >= 15 is 0 Å². The monoisotopic (exact) mass is 255 g/mol. The minimum Gasteiger partial charge on any atom is -0.369 e. The molecule has 1 aliphatic rings. The number of nitrogen functional groups attached to an aromatic ring is 1. The molecule has 5 nitrogen and oxygen atoms in total. The van der Waals surface area contributed by atoms with Crippen molar-refractivity contribution in [2.75, 3.05) is 25.9 Å². The third-order valence-electron chi connectivity index (χ3n) is 3.92. The third kappa shape index (κ3) is 1.94. The van der Waals surface area contributed by atoms with Crippen LogP contribution in [0.3, 0.4) is 0 Å². The van der Waals surface area contributed by atoms with Crippen LogP contribution in [-0.4, -0.2) is 34.6 Å². The van der Waals surface area contributed by atoms with Crippen LogP contribution in [-0.2, 0) is 0 Å². The van der Waals surface area contributed by atoms with Crippen molar-refractivity contribution < 1.29 is 0 Å². The van der Waals surface area contributed by atoms with Crippen LogP contribution in [0.5, 0.6) is 0 Å². The summed E-state index contributed by atoms with van der Waals surface area (Å²) >= 11 is 0. The Morgan fingerprint density at radius 3 is 2.79 bits per heavy atom. The zero-order valence-electron chi connectivity index (χ0n) is 11.0. The molecular formula is C14H17N5. The lowest BCUT2D eigenvalue weighted by Gasteiger charge is -2.30. The molecule has 0 radical (unpaired) electrons. The summed E-state index contributed by atoms with van der Waals surface area (Å²) in [6, 6.07) is 8.24. The van der Waals surface area contributed by atoms with Crippen LogP contribution in [0.4, 0.5) is 5.95 Å². The molecule has 0 atom stereocenters. The summed E-state index contributed by atoms with van der Waals surface area (Å²) in [6.07, 6.45) is 2.14. The summed E-state index contributed by atoms with van der Waals surface area (Å²) < 4.78 is 2.10. The number of anilines is 1. The lowest BCUT2D eigenvalue weighted by Crippen LogP contribution is -2.31. The van der Waals surface area contributed by atoms with Gasteiger partial charge in [-0.15, -0.1) is 0 Å². The summed E-state index contributed by atoms with van der Waals surface area (Å²) in [7, 11) is 2.14. The Labute approximate surface area is 112 Å².